The molecule has 1 unspecified atom stereocenters. The number of allylic oxidation sites excluding steroid dienone is 2. The number of amides is 1. The van der Waals surface area contributed by atoms with Gasteiger partial charge in [-0.05, 0) is 41.7 Å². The van der Waals surface area contributed by atoms with Gasteiger partial charge in [-0.15, -0.1) is 0 Å². The van der Waals surface area contributed by atoms with Crippen LogP contribution in [0.5, 0.6) is 11.5 Å². The molecule has 0 N–H and O–H groups in total. The molecule has 1 atom stereocenters. The summed E-state index contributed by atoms with van der Waals surface area (Å²) in [5.41, 5.74) is 2.51. The predicted molar refractivity (Wildman–Crippen MR) is 119 cm³/mol. The van der Waals surface area contributed by atoms with Gasteiger partial charge in [0.1, 0.15) is 0 Å². The third-order valence-corrected chi connectivity index (χ3v) is 6.92. The maximum Gasteiger partial charge on any atom is 0.232 e. The van der Waals surface area contributed by atoms with Crippen molar-refractivity contribution in [3.8, 4) is 11.5 Å². The van der Waals surface area contributed by atoms with Gasteiger partial charge >= 0.3 is 0 Å². The zero-order chi connectivity index (χ0) is 21.9. The number of Topliss-reactive ketones (excluding diaryl/α,β-unsaturated/α-hetero) is 1. The number of hydrogen-bond donors (Lipinski definition) is 0. The van der Waals surface area contributed by atoms with Gasteiger partial charge < -0.3 is 9.47 Å². The summed E-state index contributed by atoms with van der Waals surface area (Å²) in [6, 6.07) is 10.8. The van der Waals surface area contributed by atoms with Crippen molar-refractivity contribution >= 4 is 40.6 Å². The molecular formula is C24H21Cl2NO4. The molecule has 3 aliphatic rings. The van der Waals surface area contributed by atoms with Gasteiger partial charge in [-0.2, -0.15) is 0 Å². The summed E-state index contributed by atoms with van der Waals surface area (Å²) in [6.45, 7) is 4.26. The monoisotopic (exact) mass is 457 g/mol. The van der Waals surface area contributed by atoms with Crippen LogP contribution in [-0.4, -0.2) is 18.5 Å². The van der Waals surface area contributed by atoms with Crippen LogP contribution in [0.2, 0.25) is 10.0 Å². The lowest BCUT2D eigenvalue weighted by Gasteiger charge is -2.43. The van der Waals surface area contributed by atoms with E-state index in [2.05, 4.69) is 0 Å². The predicted octanol–water partition coefficient (Wildman–Crippen LogP) is 5.89. The molecule has 0 saturated heterocycles. The van der Waals surface area contributed by atoms with Crippen molar-refractivity contribution in [3.05, 3.63) is 63.3 Å². The van der Waals surface area contributed by atoms with Gasteiger partial charge in [-0.25, -0.2) is 0 Å². The zero-order valence-corrected chi connectivity index (χ0v) is 18.7. The Balaban J connectivity index is 1.69. The fraction of sp³-hybridized carbons (Fsp3) is 0.333. The second-order valence-electron chi connectivity index (χ2n) is 8.97. The number of rotatable bonds is 2. The lowest BCUT2D eigenvalue weighted by Crippen LogP contribution is -2.43. The van der Waals surface area contributed by atoms with Crippen LogP contribution in [-0.2, 0) is 9.59 Å². The summed E-state index contributed by atoms with van der Waals surface area (Å²) in [7, 11) is 0. The largest absolute Gasteiger partial charge is 0.454 e. The highest BCUT2D eigenvalue weighted by Crippen LogP contribution is 2.50. The van der Waals surface area contributed by atoms with Gasteiger partial charge in [0.25, 0.3) is 0 Å². The van der Waals surface area contributed by atoms with Crippen LogP contribution < -0.4 is 14.4 Å². The van der Waals surface area contributed by atoms with Gasteiger partial charge in [0.2, 0.25) is 12.7 Å². The lowest BCUT2D eigenvalue weighted by molar-refractivity contribution is -0.121. The molecule has 5 nitrogen and oxygen atoms in total. The number of benzene rings is 2. The van der Waals surface area contributed by atoms with Gasteiger partial charge in [0, 0.05) is 30.0 Å². The Kier molecular flexibility index (Phi) is 4.79. The molecule has 31 heavy (non-hydrogen) atoms. The van der Waals surface area contributed by atoms with Crippen LogP contribution >= 0.6 is 23.2 Å². The molecule has 2 aromatic carbocycles. The molecular weight excluding hydrogens is 437 g/mol. The van der Waals surface area contributed by atoms with Crippen LogP contribution in [0.4, 0.5) is 5.69 Å². The highest BCUT2D eigenvalue weighted by Gasteiger charge is 2.45. The number of carbonyl (C=O) groups is 2. The van der Waals surface area contributed by atoms with Crippen molar-refractivity contribution in [3.63, 3.8) is 0 Å². The molecule has 0 bridgehead atoms. The van der Waals surface area contributed by atoms with Gasteiger partial charge in [-0.1, -0.05) is 49.2 Å². The fourth-order valence-electron chi connectivity index (χ4n) is 4.77. The topological polar surface area (TPSA) is 55.8 Å². The molecule has 0 fully saturated rings. The van der Waals surface area contributed by atoms with Crippen molar-refractivity contribution in [2.75, 3.05) is 11.7 Å². The highest BCUT2D eigenvalue weighted by molar-refractivity contribution is 6.44. The summed E-state index contributed by atoms with van der Waals surface area (Å²) in [5, 5.41) is 0.676. The van der Waals surface area contributed by atoms with E-state index in [1.807, 2.05) is 32.0 Å². The number of anilines is 1. The van der Waals surface area contributed by atoms with Crippen molar-refractivity contribution in [1.82, 2.24) is 0 Å². The van der Waals surface area contributed by atoms with E-state index in [0.717, 1.165) is 5.56 Å². The number of nitrogens with zero attached hydrogens (tertiary/aromatic N) is 1. The van der Waals surface area contributed by atoms with Crippen molar-refractivity contribution in [2.45, 2.75) is 39.0 Å². The van der Waals surface area contributed by atoms with Crippen molar-refractivity contribution in [2.24, 2.45) is 5.41 Å². The minimum atomic E-state index is -0.338. The molecule has 5 rings (SSSR count). The second kappa shape index (κ2) is 7.28. The molecule has 1 aliphatic carbocycles. The average molecular weight is 458 g/mol. The first-order chi connectivity index (χ1) is 14.7. The summed E-state index contributed by atoms with van der Waals surface area (Å²) in [4.78, 5) is 28.5. The van der Waals surface area contributed by atoms with Crippen LogP contribution in [0.3, 0.4) is 0 Å². The van der Waals surface area contributed by atoms with Crippen molar-refractivity contribution < 1.29 is 19.1 Å². The normalized spacial score (nSPS) is 22.1. The third kappa shape index (κ3) is 3.40. The maximum absolute atomic E-state index is 13.5. The Hall–Kier alpha value is -2.50. The van der Waals surface area contributed by atoms with Crippen LogP contribution in [0.15, 0.2) is 47.7 Å². The van der Waals surface area contributed by atoms with Crippen LogP contribution in [0.25, 0.3) is 0 Å². The van der Waals surface area contributed by atoms with Crippen LogP contribution in [0, 0.1) is 5.41 Å². The van der Waals surface area contributed by atoms with E-state index in [1.54, 1.807) is 23.1 Å². The molecule has 1 amide bonds. The number of carbonyl (C=O) groups excluding carboxylic acids is 2. The molecule has 0 radical (unpaired) electrons. The van der Waals surface area contributed by atoms with E-state index < -0.39 is 0 Å². The maximum atomic E-state index is 13.5. The highest BCUT2D eigenvalue weighted by atomic mass is 35.5. The summed E-state index contributed by atoms with van der Waals surface area (Å²) in [6.07, 6.45) is 1.18. The second-order valence-corrected chi connectivity index (χ2v) is 9.76. The Morgan fingerprint density at radius 2 is 1.81 bits per heavy atom. The smallest absolute Gasteiger partial charge is 0.232 e. The zero-order valence-electron chi connectivity index (χ0n) is 17.2. The van der Waals surface area contributed by atoms with Gasteiger partial charge in [-0.3, -0.25) is 14.5 Å². The molecule has 160 valence electrons. The molecule has 0 spiro atoms. The summed E-state index contributed by atoms with van der Waals surface area (Å²) >= 11 is 12.7. The number of ketones is 1. The van der Waals surface area contributed by atoms with Gasteiger partial charge in [0.15, 0.2) is 17.3 Å². The standard InChI is InChI=1S/C24H21Cl2NO4/c1-24(2)10-17-22(18(28)11-24)14(13-6-7-19-20(8-13)31-12-30-19)9-21(29)27(17)16-5-3-4-15(25)23(16)26/h3-8,14H,9-12H2,1-2H3. The summed E-state index contributed by atoms with van der Waals surface area (Å²) < 4.78 is 10.9. The first kappa shape index (κ1) is 20.4. The van der Waals surface area contributed by atoms with E-state index in [9.17, 15) is 9.59 Å². The average Bonchev–Trinajstić information content (AvgIpc) is 3.17. The van der Waals surface area contributed by atoms with E-state index >= 15 is 0 Å². The number of fused-ring (bicyclic) bond motifs is 1. The number of hydrogen-bond acceptors (Lipinski definition) is 4. The quantitative estimate of drug-likeness (QED) is 0.564. The fourth-order valence-corrected chi connectivity index (χ4v) is 5.15. The minimum Gasteiger partial charge on any atom is -0.454 e. The summed E-state index contributed by atoms with van der Waals surface area (Å²) in [5.74, 6) is 0.912. The molecule has 0 aromatic heterocycles. The molecule has 0 saturated carbocycles. The Morgan fingerprint density at radius 3 is 2.61 bits per heavy atom. The Morgan fingerprint density at radius 1 is 1.03 bits per heavy atom. The lowest BCUT2D eigenvalue weighted by atomic mass is 9.69. The SMILES string of the molecule is CC1(C)CC(=O)C2=C(C1)N(c1cccc(Cl)c1Cl)C(=O)CC2c1ccc2c(c1)OCO2. The van der Waals surface area contributed by atoms with E-state index in [1.165, 1.54) is 0 Å². The molecule has 2 aliphatic heterocycles. The molecule has 2 heterocycles. The molecule has 7 heteroatoms. The number of ether oxygens (including phenoxy) is 2. The number of halogens is 2. The first-order valence-corrected chi connectivity index (χ1v) is 10.9. The minimum absolute atomic E-state index is 0.0598. The van der Waals surface area contributed by atoms with Crippen molar-refractivity contribution in [1.29, 1.82) is 0 Å². The van der Waals surface area contributed by atoms with E-state index in [-0.39, 0.29) is 36.2 Å². The van der Waals surface area contributed by atoms with Crippen LogP contribution in [0.1, 0.15) is 44.6 Å². The molecule has 2 aromatic rings. The Bertz CT molecular complexity index is 1150. The third-order valence-electron chi connectivity index (χ3n) is 6.11. The van der Waals surface area contributed by atoms with E-state index in [4.69, 9.17) is 32.7 Å². The Labute approximate surface area is 190 Å². The first-order valence-electron chi connectivity index (χ1n) is 10.2. The van der Waals surface area contributed by atoms with Gasteiger partial charge in [0.05, 0.1) is 15.7 Å². The van der Waals surface area contributed by atoms with E-state index in [0.29, 0.717) is 51.3 Å².